The van der Waals surface area contributed by atoms with Crippen molar-refractivity contribution in [3.8, 4) is 0 Å². The molecule has 1 unspecified atom stereocenters. The SMILES string of the molecule is CCCc1nc(NC)c(C)c(NC2CCCCC2(C)C)n1. The minimum absolute atomic E-state index is 0.334. The van der Waals surface area contributed by atoms with Gasteiger partial charge in [0.05, 0.1) is 0 Å². The van der Waals surface area contributed by atoms with Crippen LogP contribution in [-0.4, -0.2) is 23.1 Å². The molecule has 2 rings (SSSR count). The molecule has 4 nitrogen and oxygen atoms in total. The average Bonchev–Trinajstić information content (AvgIpc) is 2.44. The molecule has 1 aromatic rings. The standard InChI is InChI=1S/C17H30N4/c1-6-9-14-20-15(18-5)12(2)16(21-14)19-13-10-7-8-11-17(13,3)4/h13H,6-11H2,1-5H3,(H2,18,19,20,21). The van der Waals surface area contributed by atoms with Gasteiger partial charge in [0, 0.05) is 25.1 Å². The molecule has 2 N–H and O–H groups in total. The average molecular weight is 290 g/mol. The molecule has 1 aliphatic rings. The fraction of sp³-hybridized carbons (Fsp3) is 0.765. The number of aryl methyl sites for hydroxylation is 1. The van der Waals surface area contributed by atoms with E-state index in [1.54, 1.807) is 0 Å². The normalized spacial score (nSPS) is 21.1. The van der Waals surface area contributed by atoms with Crippen molar-refractivity contribution in [2.24, 2.45) is 5.41 Å². The highest BCUT2D eigenvalue weighted by Gasteiger charge is 2.32. The quantitative estimate of drug-likeness (QED) is 0.855. The van der Waals surface area contributed by atoms with Crippen LogP contribution in [0.2, 0.25) is 0 Å². The molecule has 0 bridgehead atoms. The Bertz CT molecular complexity index is 482. The summed E-state index contributed by atoms with van der Waals surface area (Å²) in [5.41, 5.74) is 1.46. The Morgan fingerprint density at radius 3 is 2.52 bits per heavy atom. The zero-order valence-electron chi connectivity index (χ0n) is 14.2. The summed E-state index contributed by atoms with van der Waals surface area (Å²) in [6, 6.07) is 0.499. The molecular weight excluding hydrogens is 260 g/mol. The topological polar surface area (TPSA) is 49.8 Å². The minimum atomic E-state index is 0.334. The predicted molar refractivity (Wildman–Crippen MR) is 90.0 cm³/mol. The highest BCUT2D eigenvalue weighted by molar-refractivity contribution is 5.57. The van der Waals surface area contributed by atoms with Crippen LogP contribution in [0.5, 0.6) is 0 Å². The summed E-state index contributed by atoms with van der Waals surface area (Å²) in [5.74, 6) is 2.89. The van der Waals surface area contributed by atoms with Gasteiger partial charge in [-0.3, -0.25) is 0 Å². The van der Waals surface area contributed by atoms with E-state index in [1.165, 1.54) is 25.7 Å². The zero-order valence-corrected chi connectivity index (χ0v) is 14.2. The van der Waals surface area contributed by atoms with Crippen LogP contribution in [0.15, 0.2) is 0 Å². The Labute approximate surface area is 129 Å². The van der Waals surface area contributed by atoms with E-state index in [2.05, 4.69) is 43.3 Å². The number of aromatic nitrogens is 2. The van der Waals surface area contributed by atoms with E-state index in [0.29, 0.717) is 11.5 Å². The molecule has 1 atom stereocenters. The van der Waals surface area contributed by atoms with E-state index in [0.717, 1.165) is 35.9 Å². The maximum absolute atomic E-state index is 4.77. The molecule has 21 heavy (non-hydrogen) atoms. The van der Waals surface area contributed by atoms with Crippen LogP contribution in [0.4, 0.5) is 11.6 Å². The first kappa shape index (κ1) is 16.1. The van der Waals surface area contributed by atoms with E-state index in [-0.39, 0.29) is 0 Å². The second-order valence-corrected chi connectivity index (χ2v) is 6.89. The second-order valence-electron chi connectivity index (χ2n) is 6.89. The summed E-state index contributed by atoms with van der Waals surface area (Å²) in [6.45, 7) is 9.00. The number of rotatable bonds is 5. The second kappa shape index (κ2) is 6.63. The number of anilines is 2. The summed E-state index contributed by atoms with van der Waals surface area (Å²) in [5, 5.41) is 6.92. The molecule has 0 aliphatic heterocycles. The molecular formula is C17H30N4. The van der Waals surface area contributed by atoms with Gasteiger partial charge in [-0.2, -0.15) is 0 Å². The fourth-order valence-electron chi connectivity index (χ4n) is 3.21. The van der Waals surface area contributed by atoms with Crippen molar-refractivity contribution in [3.63, 3.8) is 0 Å². The molecule has 0 saturated heterocycles. The fourth-order valence-corrected chi connectivity index (χ4v) is 3.21. The van der Waals surface area contributed by atoms with E-state index >= 15 is 0 Å². The first-order valence-electron chi connectivity index (χ1n) is 8.29. The Morgan fingerprint density at radius 1 is 1.19 bits per heavy atom. The minimum Gasteiger partial charge on any atom is -0.373 e. The van der Waals surface area contributed by atoms with Crippen molar-refractivity contribution in [2.45, 2.75) is 72.3 Å². The Hall–Kier alpha value is -1.32. The largest absolute Gasteiger partial charge is 0.373 e. The predicted octanol–water partition coefficient (Wildman–Crippen LogP) is 4.16. The maximum atomic E-state index is 4.77. The van der Waals surface area contributed by atoms with Gasteiger partial charge >= 0.3 is 0 Å². The first-order chi connectivity index (χ1) is 9.97. The molecule has 1 saturated carbocycles. The van der Waals surface area contributed by atoms with Gasteiger partial charge < -0.3 is 10.6 Å². The van der Waals surface area contributed by atoms with Crippen LogP contribution in [0.3, 0.4) is 0 Å². The smallest absolute Gasteiger partial charge is 0.135 e. The molecule has 0 radical (unpaired) electrons. The van der Waals surface area contributed by atoms with Gasteiger partial charge in [0.1, 0.15) is 17.5 Å². The molecule has 118 valence electrons. The summed E-state index contributed by atoms with van der Waals surface area (Å²) in [6.07, 6.45) is 7.17. The zero-order chi connectivity index (χ0) is 15.5. The monoisotopic (exact) mass is 290 g/mol. The van der Waals surface area contributed by atoms with Crippen molar-refractivity contribution >= 4 is 11.6 Å². The molecule has 1 heterocycles. The molecule has 1 aromatic heterocycles. The maximum Gasteiger partial charge on any atom is 0.135 e. The summed E-state index contributed by atoms with van der Waals surface area (Å²) in [7, 11) is 1.93. The van der Waals surface area contributed by atoms with Gasteiger partial charge in [0.25, 0.3) is 0 Å². The van der Waals surface area contributed by atoms with Gasteiger partial charge in [0.2, 0.25) is 0 Å². The van der Waals surface area contributed by atoms with Gasteiger partial charge in [-0.1, -0.05) is 33.6 Å². The third-order valence-electron chi connectivity index (χ3n) is 4.72. The summed E-state index contributed by atoms with van der Waals surface area (Å²) < 4.78 is 0. The van der Waals surface area contributed by atoms with Gasteiger partial charge in [-0.05, 0) is 31.6 Å². The number of hydrogen-bond donors (Lipinski definition) is 2. The van der Waals surface area contributed by atoms with E-state index in [4.69, 9.17) is 4.98 Å². The highest BCUT2D eigenvalue weighted by Crippen LogP contribution is 2.37. The molecule has 1 aliphatic carbocycles. The highest BCUT2D eigenvalue weighted by atomic mass is 15.1. The van der Waals surface area contributed by atoms with Crippen molar-refractivity contribution in [2.75, 3.05) is 17.7 Å². The van der Waals surface area contributed by atoms with Gasteiger partial charge in [-0.15, -0.1) is 0 Å². The van der Waals surface area contributed by atoms with Crippen LogP contribution in [-0.2, 0) is 6.42 Å². The van der Waals surface area contributed by atoms with Crippen molar-refractivity contribution < 1.29 is 0 Å². The molecule has 0 aromatic carbocycles. The van der Waals surface area contributed by atoms with Crippen molar-refractivity contribution in [1.29, 1.82) is 0 Å². The van der Waals surface area contributed by atoms with E-state index in [9.17, 15) is 0 Å². The number of nitrogens with zero attached hydrogens (tertiary/aromatic N) is 2. The molecule has 1 fully saturated rings. The van der Waals surface area contributed by atoms with Crippen LogP contribution in [0.25, 0.3) is 0 Å². The van der Waals surface area contributed by atoms with E-state index < -0.39 is 0 Å². The Kier molecular flexibility index (Phi) is 5.07. The molecule has 4 heteroatoms. The third kappa shape index (κ3) is 3.66. The Morgan fingerprint density at radius 2 is 1.90 bits per heavy atom. The Balaban J connectivity index is 2.27. The van der Waals surface area contributed by atoms with Crippen LogP contribution in [0.1, 0.15) is 64.3 Å². The molecule has 0 spiro atoms. The van der Waals surface area contributed by atoms with Crippen molar-refractivity contribution in [1.82, 2.24) is 9.97 Å². The number of hydrogen-bond acceptors (Lipinski definition) is 4. The lowest BCUT2D eigenvalue weighted by atomic mass is 9.73. The van der Waals surface area contributed by atoms with Gasteiger partial charge in [0.15, 0.2) is 0 Å². The number of nitrogens with one attached hydrogen (secondary N) is 2. The summed E-state index contributed by atoms with van der Waals surface area (Å²) >= 11 is 0. The van der Waals surface area contributed by atoms with Crippen LogP contribution >= 0.6 is 0 Å². The van der Waals surface area contributed by atoms with Crippen LogP contribution in [0, 0.1) is 12.3 Å². The van der Waals surface area contributed by atoms with Gasteiger partial charge in [-0.25, -0.2) is 9.97 Å². The van der Waals surface area contributed by atoms with Crippen molar-refractivity contribution in [3.05, 3.63) is 11.4 Å². The first-order valence-corrected chi connectivity index (χ1v) is 8.29. The van der Waals surface area contributed by atoms with Crippen LogP contribution < -0.4 is 10.6 Å². The summed E-state index contributed by atoms with van der Waals surface area (Å²) in [4.78, 5) is 9.38. The van der Waals surface area contributed by atoms with E-state index in [1.807, 2.05) is 7.05 Å². The molecule has 0 amide bonds. The lowest BCUT2D eigenvalue weighted by molar-refractivity contribution is 0.216. The lowest BCUT2D eigenvalue weighted by Gasteiger charge is -2.39. The third-order valence-corrected chi connectivity index (χ3v) is 4.72. The lowest BCUT2D eigenvalue weighted by Crippen LogP contribution is -2.39.